The molecule has 29 heavy (non-hydrogen) atoms. The number of rotatable bonds is 5. The SMILES string of the molecule is C[C@@H](O[Si](C)(C)C(C)(C)C)[C@H]1C(=O)N2C(=Nc3ccc(Cl)cc3)[Se]C(CI)=C[C@H]12. The van der Waals surface area contributed by atoms with Crippen LogP contribution in [-0.4, -0.2) is 55.4 Å². The summed E-state index contributed by atoms with van der Waals surface area (Å²) in [5, 5.41) is 0.805. The fraction of sp³-hybridized carbons (Fsp3) is 0.524. The van der Waals surface area contributed by atoms with E-state index in [4.69, 9.17) is 21.0 Å². The van der Waals surface area contributed by atoms with Crippen molar-refractivity contribution in [2.45, 2.75) is 58.0 Å². The minimum atomic E-state index is -1.94. The monoisotopic (exact) mass is 610 g/mol. The van der Waals surface area contributed by atoms with Gasteiger partial charge in [-0.1, -0.05) is 0 Å². The number of hydrogen-bond acceptors (Lipinski definition) is 3. The molecule has 1 saturated heterocycles. The molecule has 2 aliphatic rings. The van der Waals surface area contributed by atoms with Crippen LogP contribution in [0.4, 0.5) is 5.69 Å². The van der Waals surface area contributed by atoms with Crippen molar-refractivity contribution < 1.29 is 9.22 Å². The Morgan fingerprint density at radius 3 is 2.48 bits per heavy atom. The van der Waals surface area contributed by atoms with Crippen LogP contribution in [0.25, 0.3) is 0 Å². The molecule has 0 N–H and O–H groups in total. The van der Waals surface area contributed by atoms with Crippen LogP contribution in [-0.2, 0) is 9.22 Å². The van der Waals surface area contributed by atoms with Gasteiger partial charge < -0.3 is 0 Å². The Morgan fingerprint density at radius 2 is 1.93 bits per heavy atom. The zero-order valence-electron chi connectivity index (χ0n) is 17.7. The molecule has 2 heterocycles. The first-order valence-electron chi connectivity index (χ1n) is 9.74. The molecule has 8 heteroatoms. The average molecular weight is 610 g/mol. The molecule has 0 spiro atoms. The minimum absolute atomic E-state index is 0.0497. The van der Waals surface area contributed by atoms with Crippen molar-refractivity contribution in [2.24, 2.45) is 10.9 Å². The van der Waals surface area contributed by atoms with Crippen LogP contribution < -0.4 is 0 Å². The molecule has 1 aromatic rings. The number of fused-ring (bicyclic) bond motifs is 1. The van der Waals surface area contributed by atoms with Gasteiger partial charge in [0.2, 0.25) is 0 Å². The van der Waals surface area contributed by atoms with E-state index in [-0.39, 0.29) is 44.0 Å². The molecule has 1 amide bonds. The summed E-state index contributed by atoms with van der Waals surface area (Å²) in [5.41, 5.74) is 0.835. The molecule has 0 aromatic heterocycles. The molecule has 1 aromatic carbocycles. The first kappa shape index (κ1) is 23.5. The molecule has 0 unspecified atom stereocenters. The number of allylic oxidation sites excluding steroid dienone is 1. The van der Waals surface area contributed by atoms with Crippen molar-refractivity contribution in [3.8, 4) is 0 Å². The Bertz CT molecular complexity index is 851. The van der Waals surface area contributed by atoms with Gasteiger partial charge in [-0.3, -0.25) is 0 Å². The number of amides is 1. The zero-order chi connectivity index (χ0) is 21.6. The van der Waals surface area contributed by atoms with Crippen molar-refractivity contribution in [1.29, 1.82) is 0 Å². The zero-order valence-corrected chi connectivity index (χ0v) is 23.3. The fourth-order valence-electron chi connectivity index (χ4n) is 3.29. The Hall–Kier alpha value is -0.184. The van der Waals surface area contributed by atoms with Crippen LogP contribution in [0.1, 0.15) is 27.7 Å². The molecule has 3 rings (SSSR count). The summed E-state index contributed by atoms with van der Waals surface area (Å²) >= 11 is 8.45. The van der Waals surface area contributed by atoms with Crippen LogP contribution in [0.3, 0.4) is 0 Å². The molecule has 0 radical (unpaired) electrons. The van der Waals surface area contributed by atoms with Gasteiger partial charge in [0.1, 0.15) is 0 Å². The summed E-state index contributed by atoms with van der Waals surface area (Å²) in [6, 6.07) is 7.51. The van der Waals surface area contributed by atoms with E-state index in [1.54, 1.807) is 0 Å². The Kier molecular flexibility index (Phi) is 7.08. The predicted octanol–water partition coefficient (Wildman–Crippen LogP) is 5.60. The molecule has 2 aliphatic heterocycles. The van der Waals surface area contributed by atoms with Crippen molar-refractivity contribution in [2.75, 3.05) is 4.43 Å². The van der Waals surface area contributed by atoms with Gasteiger partial charge in [-0.15, -0.1) is 0 Å². The molecule has 158 valence electrons. The summed E-state index contributed by atoms with van der Waals surface area (Å²) in [6.07, 6.45) is 2.18. The molecule has 1 fully saturated rings. The van der Waals surface area contributed by atoms with Crippen LogP contribution in [0, 0.1) is 5.92 Å². The maximum atomic E-state index is 13.2. The van der Waals surface area contributed by atoms with E-state index in [2.05, 4.69) is 69.5 Å². The Balaban J connectivity index is 1.85. The van der Waals surface area contributed by atoms with E-state index >= 15 is 0 Å². The van der Waals surface area contributed by atoms with E-state index in [0.29, 0.717) is 5.02 Å². The van der Waals surface area contributed by atoms with Gasteiger partial charge in [-0.25, -0.2) is 0 Å². The van der Waals surface area contributed by atoms with Gasteiger partial charge in [-0.05, 0) is 0 Å². The van der Waals surface area contributed by atoms with Gasteiger partial charge in [-0.2, -0.15) is 0 Å². The number of alkyl halides is 1. The third kappa shape index (κ3) is 4.85. The molecule has 0 bridgehead atoms. The third-order valence-electron chi connectivity index (χ3n) is 5.95. The quantitative estimate of drug-likeness (QED) is 0.189. The van der Waals surface area contributed by atoms with Gasteiger partial charge in [0.05, 0.1) is 0 Å². The second-order valence-electron chi connectivity index (χ2n) is 9.05. The number of hydrogen-bond donors (Lipinski definition) is 0. The van der Waals surface area contributed by atoms with Crippen LogP contribution in [0.15, 0.2) is 39.8 Å². The van der Waals surface area contributed by atoms with Gasteiger partial charge in [0.25, 0.3) is 0 Å². The summed E-state index contributed by atoms with van der Waals surface area (Å²) in [4.78, 5) is 19.9. The number of β-lactam (4-membered cyclic amide) rings is 1. The number of carbonyl (C=O) groups is 1. The number of nitrogens with zero attached hydrogens (tertiary/aromatic N) is 2. The van der Waals surface area contributed by atoms with Crippen molar-refractivity contribution in [3.63, 3.8) is 0 Å². The Morgan fingerprint density at radius 1 is 1.31 bits per heavy atom. The number of carbonyl (C=O) groups excluding carboxylic acids is 1. The van der Waals surface area contributed by atoms with E-state index in [9.17, 15) is 4.79 Å². The van der Waals surface area contributed by atoms with Crippen molar-refractivity contribution >= 4 is 73.8 Å². The van der Waals surface area contributed by atoms with E-state index in [0.717, 1.165) is 14.8 Å². The van der Waals surface area contributed by atoms with Gasteiger partial charge in [0, 0.05) is 0 Å². The molecule has 0 aliphatic carbocycles. The van der Waals surface area contributed by atoms with E-state index in [1.807, 2.05) is 29.2 Å². The normalized spacial score (nSPS) is 24.8. The van der Waals surface area contributed by atoms with Crippen LogP contribution in [0.5, 0.6) is 0 Å². The average Bonchev–Trinajstić information content (AvgIpc) is 2.61. The Labute approximate surface area is 199 Å². The topological polar surface area (TPSA) is 41.9 Å². The summed E-state index contributed by atoms with van der Waals surface area (Å²) < 4.78 is 9.80. The van der Waals surface area contributed by atoms with Gasteiger partial charge in [0.15, 0.2) is 0 Å². The second-order valence-corrected chi connectivity index (χ2v) is 17.3. The van der Waals surface area contributed by atoms with Crippen LogP contribution >= 0.6 is 34.2 Å². The van der Waals surface area contributed by atoms with Crippen LogP contribution in [0.2, 0.25) is 23.2 Å². The number of benzene rings is 1. The van der Waals surface area contributed by atoms with Crippen molar-refractivity contribution in [1.82, 2.24) is 4.90 Å². The second kappa shape index (κ2) is 8.75. The molecule has 0 saturated carbocycles. The predicted molar refractivity (Wildman–Crippen MR) is 133 cm³/mol. The molecular formula is C21H28ClIN2O2SeSi. The third-order valence-corrected chi connectivity index (χ3v) is 14.9. The van der Waals surface area contributed by atoms with E-state index in [1.165, 1.54) is 4.47 Å². The summed E-state index contributed by atoms with van der Waals surface area (Å²) in [5.74, 6) is 0.00755. The summed E-state index contributed by atoms with van der Waals surface area (Å²) in [7, 11) is -1.94. The molecular weight excluding hydrogens is 582 g/mol. The summed E-state index contributed by atoms with van der Waals surface area (Å²) in [6.45, 7) is 13.2. The molecule has 4 nitrogen and oxygen atoms in total. The number of aliphatic imine (C=N–C) groups is 1. The maximum absolute atomic E-state index is 13.2. The molecule has 3 atom stereocenters. The van der Waals surface area contributed by atoms with Crippen molar-refractivity contribution in [3.05, 3.63) is 39.8 Å². The number of amidine groups is 1. The first-order chi connectivity index (χ1) is 13.4. The fourth-order valence-corrected chi connectivity index (χ4v) is 7.92. The standard InChI is InChI=1S/C21H28ClIN2O2SeSi/c1-13(27-29(5,6)21(2,3)4)18-17-11-16(12-23)28-20(25(17)19(18)26)24-15-9-7-14(22)8-10-15/h7-11,13,17-18H,12H2,1-6H3/t13-,17-,18-/m1/s1. The first-order valence-corrected chi connectivity index (χ1v) is 16.3. The van der Waals surface area contributed by atoms with E-state index < -0.39 is 8.32 Å². The van der Waals surface area contributed by atoms with Gasteiger partial charge >= 0.3 is 201 Å². The number of halogens is 2.